The largest absolute Gasteiger partial charge is 0.151 e. The van der Waals surface area contributed by atoms with Crippen molar-refractivity contribution in [1.29, 1.82) is 0 Å². The summed E-state index contributed by atoms with van der Waals surface area (Å²) in [7, 11) is 0. The first-order chi connectivity index (χ1) is 4.93. The highest BCUT2D eigenvalue weighted by Crippen LogP contribution is 2.33. The van der Waals surface area contributed by atoms with E-state index in [0.29, 0.717) is 0 Å². The lowest BCUT2D eigenvalue weighted by atomic mass is 10.2. The van der Waals surface area contributed by atoms with Crippen LogP contribution in [0.4, 0.5) is 0 Å². The molecule has 1 aromatic heterocycles. The number of hydrogen-bond donors (Lipinski definition) is 0. The molecular weight excluding hydrogens is 140 g/mol. The van der Waals surface area contributed by atoms with Gasteiger partial charge in [0.1, 0.15) is 0 Å². The second-order valence-electron chi connectivity index (χ2n) is 2.80. The molecule has 1 aliphatic rings. The van der Waals surface area contributed by atoms with Crippen molar-refractivity contribution in [3.63, 3.8) is 0 Å². The first-order valence-corrected chi connectivity index (χ1v) is 4.35. The van der Waals surface area contributed by atoms with Crippen LogP contribution in [-0.2, 0) is 6.42 Å². The molecule has 0 fully saturated rings. The van der Waals surface area contributed by atoms with Gasteiger partial charge in [-0.3, -0.25) is 0 Å². The average molecular weight is 146 g/mol. The molecule has 1 heteroatoms. The smallest absolute Gasteiger partial charge is 0.00144 e. The van der Waals surface area contributed by atoms with Crippen molar-refractivity contribution in [3.05, 3.63) is 34.0 Å². The van der Waals surface area contributed by atoms with Gasteiger partial charge in [0.2, 0.25) is 0 Å². The molecule has 0 unspecified atom stereocenters. The highest BCUT2D eigenvalue weighted by atomic mass is 32.1. The number of benzene rings is 1. The molecule has 0 saturated heterocycles. The maximum absolute atomic E-state index is 2.31. The maximum atomic E-state index is 2.31. The standard InChI is InChI=1S/C9H6S/c1-6-2-8-4-10-5-9(8)3-7(1)6/h2-5H,1H2. The summed E-state index contributed by atoms with van der Waals surface area (Å²) in [5, 5.41) is 7.27. The zero-order valence-electron chi connectivity index (χ0n) is 5.42. The van der Waals surface area contributed by atoms with Gasteiger partial charge in [-0.15, -0.1) is 0 Å². The molecule has 1 aliphatic carbocycles. The van der Waals surface area contributed by atoms with Gasteiger partial charge in [0.15, 0.2) is 0 Å². The van der Waals surface area contributed by atoms with Gasteiger partial charge < -0.3 is 0 Å². The Balaban J connectivity index is 2.58. The summed E-state index contributed by atoms with van der Waals surface area (Å²) in [5.41, 5.74) is 3.09. The van der Waals surface area contributed by atoms with Crippen LogP contribution in [-0.4, -0.2) is 0 Å². The van der Waals surface area contributed by atoms with Crippen LogP contribution < -0.4 is 0 Å². The van der Waals surface area contributed by atoms with Crippen molar-refractivity contribution in [2.45, 2.75) is 6.42 Å². The van der Waals surface area contributed by atoms with Gasteiger partial charge in [0, 0.05) is 0 Å². The Morgan fingerprint density at radius 1 is 1.00 bits per heavy atom. The van der Waals surface area contributed by atoms with Crippen LogP contribution in [0, 0.1) is 0 Å². The molecule has 1 heterocycles. The molecule has 2 aromatic rings. The second-order valence-corrected chi connectivity index (χ2v) is 3.54. The molecule has 0 saturated carbocycles. The fourth-order valence-corrected chi connectivity index (χ4v) is 2.14. The first-order valence-electron chi connectivity index (χ1n) is 3.41. The molecule has 10 heavy (non-hydrogen) atoms. The van der Waals surface area contributed by atoms with Gasteiger partial charge >= 0.3 is 0 Å². The summed E-state index contributed by atoms with van der Waals surface area (Å²) in [6.45, 7) is 0. The van der Waals surface area contributed by atoms with Crippen LogP contribution in [0.1, 0.15) is 11.1 Å². The minimum absolute atomic E-state index is 1.24. The second kappa shape index (κ2) is 1.43. The van der Waals surface area contributed by atoms with E-state index in [1.807, 2.05) is 0 Å². The summed E-state index contributed by atoms with van der Waals surface area (Å²) in [4.78, 5) is 0. The molecule has 0 radical (unpaired) electrons. The van der Waals surface area contributed by atoms with Gasteiger partial charge in [0.05, 0.1) is 0 Å². The number of fused-ring (bicyclic) bond motifs is 2. The van der Waals surface area contributed by atoms with Gasteiger partial charge in [-0.05, 0) is 51.2 Å². The monoisotopic (exact) mass is 146 g/mol. The maximum Gasteiger partial charge on any atom is -0.00144 e. The molecule has 0 amide bonds. The fourth-order valence-electron chi connectivity index (χ4n) is 1.38. The van der Waals surface area contributed by atoms with E-state index in [0.717, 1.165) is 0 Å². The van der Waals surface area contributed by atoms with Crippen molar-refractivity contribution in [2.75, 3.05) is 0 Å². The number of hydrogen-bond acceptors (Lipinski definition) is 1. The lowest BCUT2D eigenvalue weighted by Crippen LogP contribution is -1.58. The van der Waals surface area contributed by atoms with Gasteiger partial charge in [0.25, 0.3) is 0 Å². The topological polar surface area (TPSA) is 0 Å². The highest BCUT2D eigenvalue weighted by Gasteiger charge is 2.16. The van der Waals surface area contributed by atoms with Gasteiger partial charge in [-0.2, -0.15) is 11.3 Å². The van der Waals surface area contributed by atoms with Gasteiger partial charge in [-0.1, -0.05) is 0 Å². The zero-order chi connectivity index (χ0) is 6.55. The Hall–Kier alpha value is -0.820. The molecule has 0 bridgehead atoms. The van der Waals surface area contributed by atoms with E-state index in [1.54, 1.807) is 22.5 Å². The van der Waals surface area contributed by atoms with E-state index in [9.17, 15) is 0 Å². The van der Waals surface area contributed by atoms with Crippen molar-refractivity contribution >= 4 is 22.1 Å². The summed E-state index contributed by atoms with van der Waals surface area (Å²) < 4.78 is 0. The third-order valence-electron chi connectivity index (χ3n) is 2.05. The Bertz CT molecular complexity index is 362. The molecule has 0 atom stereocenters. The Morgan fingerprint density at radius 2 is 1.60 bits per heavy atom. The van der Waals surface area contributed by atoms with Crippen LogP contribution in [0.3, 0.4) is 0 Å². The van der Waals surface area contributed by atoms with Crippen LogP contribution in [0.15, 0.2) is 22.9 Å². The van der Waals surface area contributed by atoms with E-state index in [1.165, 1.54) is 17.2 Å². The Kier molecular flexibility index (Phi) is 0.702. The van der Waals surface area contributed by atoms with Crippen LogP contribution in [0.2, 0.25) is 0 Å². The SMILES string of the molecule is c1scc2cc3c(cc12)C3. The van der Waals surface area contributed by atoms with E-state index in [-0.39, 0.29) is 0 Å². The molecule has 1 aromatic carbocycles. The lowest BCUT2D eigenvalue weighted by Gasteiger charge is -1.81. The fraction of sp³-hybridized carbons (Fsp3) is 0.111. The van der Waals surface area contributed by atoms with E-state index >= 15 is 0 Å². The predicted octanol–water partition coefficient (Wildman–Crippen LogP) is 2.81. The van der Waals surface area contributed by atoms with Gasteiger partial charge in [-0.25, -0.2) is 0 Å². The average Bonchev–Trinajstić information content (AvgIpc) is 2.52. The molecular formula is C9H6S. The van der Waals surface area contributed by atoms with Crippen molar-refractivity contribution in [1.82, 2.24) is 0 Å². The summed E-state index contributed by atoms with van der Waals surface area (Å²) in [6.07, 6.45) is 1.24. The van der Waals surface area contributed by atoms with Crippen LogP contribution in [0.5, 0.6) is 0 Å². The third-order valence-corrected chi connectivity index (χ3v) is 2.83. The molecule has 3 rings (SSSR count). The summed E-state index contributed by atoms with van der Waals surface area (Å²) in [5.74, 6) is 0. The van der Waals surface area contributed by atoms with Crippen molar-refractivity contribution in [3.8, 4) is 0 Å². The first kappa shape index (κ1) is 4.91. The molecule has 48 valence electrons. The van der Waals surface area contributed by atoms with Crippen LogP contribution in [0.25, 0.3) is 10.8 Å². The number of thiophene rings is 1. The number of rotatable bonds is 0. The molecule has 0 N–H and O–H groups in total. The highest BCUT2D eigenvalue weighted by molar-refractivity contribution is 7.09. The molecule has 0 spiro atoms. The predicted molar refractivity (Wildman–Crippen MR) is 44.6 cm³/mol. The minimum atomic E-state index is 1.24. The zero-order valence-corrected chi connectivity index (χ0v) is 6.24. The van der Waals surface area contributed by atoms with Crippen molar-refractivity contribution < 1.29 is 0 Å². The summed E-state index contributed by atoms with van der Waals surface area (Å²) >= 11 is 1.79. The van der Waals surface area contributed by atoms with E-state index in [4.69, 9.17) is 0 Å². The molecule has 0 nitrogen and oxygen atoms in total. The quantitative estimate of drug-likeness (QED) is 0.457. The normalized spacial score (nSPS) is 13.6. The van der Waals surface area contributed by atoms with E-state index in [2.05, 4.69) is 22.9 Å². The van der Waals surface area contributed by atoms with E-state index < -0.39 is 0 Å². The third kappa shape index (κ3) is 0.510. The lowest BCUT2D eigenvalue weighted by molar-refractivity contribution is 1.61. The Labute approximate surface area is 63.1 Å². The summed E-state index contributed by atoms with van der Waals surface area (Å²) in [6, 6.07) is 4.61. The minimum Gasteiger partial charge on any atom is -0.151 e. The molecule has 0 aliphatic heterocycles. The van der Waals surface area contributed by atoms with Crippen molar-refractivity contribution in [2.24, 2.45) is 0 Å². The Morgan fingerprint density at radius 3 is 2.20 bits per heavy atom. The van der Waals surface area contributed by atoms with Crippen LogP contribution >= 0.6 is 11.3 Å².